The molecule has 0 saturated carbocycles. The van der Waals surface area contributed by atoms with E-state index in [0.717, 1.165) is 18.4 Å². The molecule has 168 valence electrons. The Morgan fingerprint density at radius 2 is 1.66 bits per heavy atom. The van der Waals surface area contributed by atoms with Crippen LogP contribution >= 0.6 is 0 Å². The van der Waals surface area contributed by atoms with Gasteiger partial charge in [0.05, 0.1) is 5.69 Å². The Morgan fingerprint density at radius 3 is 2.28 bits per heavy atom. The number of sulfonamides is 1. The van der Waals surface area contributed by atoms with E-state index in [4.69, 9.17) is 9.88 Å². The highest BCUT2D eigenvalue weighted by Crippen LogP contribution is 2.37. The summed E-state index contributed by atoms with van der Waals surface area (Å²) in [6, 6.07) is 21.1. The molecule has 7 nitrogen and oxygen atoms in total. The number of carbonyl (C=O) groups is 1. The van der Waals surface area contributed by atoms with Gasteiger partial charge >= 0.3 is 0 Å². The van der Waals surface area contributed by atoms with Crippen LogP contribution < -0.4 is 20.5 Å². The number of anilines is 1. The smallest absolute Gasteiger partial charge is 0.251 e. The molecule has 0 aliphatic heterocycles. The normalized spacial score (nSPS) is 11.1. The number of ether oxygens (including phenoxy) is 1. The Kier molecular flexibility index (Phi) is 7.86. The van der Waals surface area contributed by atoms with Gasteiger partial charge in [-0.15, -0.1) is 0 Å². The van der Waals surface area contributed by atoms with Crippen molar-refractivity contribution in [1.82, 2.24) is 5.32 Å². The summed E-state index contributed by atoms with van der Waals surface area (Å²) >= 11 is 0. The molecule has 1 amide bonds. The molecule has 3 aromatic rings. The molecule has 0 heterocycles. The van der Waals surface area contributed by atoms with Crippen molar-refractivity contribution in [3.05, 3.63) is 83.9 Å². The third-order valence-corrected chi connectivity index (χ3v) is 5.64. The van der Waals surface area contributed by atoms with Crippen molar-refractivity contribution in [3.63, 3.8) is 0 Å². The number of para-hydroxylation sites is 1. The van der Waals surface area contributed by atoms with Crippen LogP contribution in [0.4, 0.5) is 5.69 Å². The maximum absolute atomic E-state index is 12.8. The number of amides is 1. The molecule has 0 aliphatic rings. The molecule has 0 saturated heterocycles. The van der Waals surface area contributed by atoms with Crippen LogP contribution in [0.2, 0.25) is 0 Å². The van der Waals surface area contributed by atoms with Crippen molar-refractivity contribution < 1.29 is 17.9 Å². The van der Waals surface area contributed by atoms with E-state index in [1.165, 1.54) is 6.07 Å². The van der Waals surface area contributed by atoms with Gasteiger partial charge in [-0.1, -0.05) is 61.9 Å². The van der Waals surface area contributed by atoms with Crippen LogP contribution in [-0.4, -0.2) is 20.9 Å². The van der Waals surface area contributed by atoms with Crippen molar-refractivity contribution in [2.24, 2.45) is 5.14 Å². The average Bonchev–Trinajstić information content (AvgIpc) is 2.79. The first-order valence-corrected chi connectivity index (χ1v) is 11.9. The lowest BCUT2D eigenvalue weighted by Gasteiger charge is -2.18. The van der Waals surface area contributed by atoms with Crippen molar-refractivity contribution in [2.75, 3.05) is 11.9 Å². The second-order valence-electron chi connectivity index (χ2n) is 7.26. The molecule has 0 unspecified atom stereocenters. The first-order valence-electron chi connectivity index (χ1n) is 10.4. The van der Waals surface area contributed by atoms with Gasteiger partial charge in [0.15, 0.2) is 5.75 Å². The van der Waals surface area contributed by atoms with Gasteiger partial charge in [0, 0.05) is 18.7 Å². The number of benzene rings is 3. The van der Waals surface area contributed by atoms with Gasteiger partial charge in [-0.05, 0) is 36.2 Å². The molecule has 0 aliphatic carbocycles. The third-order valence-electron chi connectivity index (χ3n) is 4.73. The van der Waals surface area contributed by atoms with Crippen LogP contribution in [0.1, 0.15) is 35.7 Å². The lowest BCUT2D eigenvalue weighted by atomic mass is 10.1. The van der Waals surface area contributed by atoms with E-state index >= 15 is 0 Å². The second-order valence-corrected chi connectivity index (χ2v) is 8.79. The van der Waals surface area contributed by atoms with Crippen LogP contribution in [-0.2, 0) is 16.6 Å². The van der Waals surface area contributed by atoms with E-state index in [9.17, 15) is 13.2 Å². The van der Waals surface area contributed by atoms with Gasteiger partial charge in [0.2, 0.25) is 10.0 Å². The lowest BCUT2D eigenvalue weighted by Crippen LogP contribution is -2.24. The topological polar surface area (TPSA) is 111 Å². The Labute approximate surface area is 188 Å². The van der Waals surface area contributed by atoms with Gasteiger partial charge in [0.25, 0.3) is 5.91 Å². The van der Waals surface area contributed by atoms with Crippen molar-refractivity contribution in [2.45, 2.75) is 31.2 Å². The zero-order valence-electron chi connectivity index (χ0n) is 17.9. The second kappa shape index (κ2) is 10.8. The van der Waals surface area contributed by atoms with Crippen molar-refractivity contribution in [3.8, 4) is 11.5 Å². The van der Waals surface area contributed by atoms with E-state index < -0.39 is 15.9 Å². The third kappa shape index (κ3) is 6.32. The number of carbonyl (C=O) groups excluding carboxylic acids is 1. The number of nitrogens with two attached hydrogens (primary N) is 1. The van der Waals surface area contributed by atoms with E-state index in [2.05, 4.69) is 10.6 Å². The summed E-state index contributed by atoms with van der Waals surface area (Å²) in [6.45, 7) is 2.94. The van der Waals surface area contributed by atoms with E-state index in [1.54, 1.807) is 30.3 Å². The van der Waals surface area contributed by atoms with Crippen molar-refractivity contribution in [1.29, 1.82) is 0 Å². The van der Waals surface area contributed by atoms with Gasteiger partial charge in [-0.25, -0.2) is 13.6 Å². The quantitative estimate of drug-likeness (QED) is 0.397. The maximum atomic E-state index is 12.8. The standard InChI is InChI=1S/C24H27N3O4S/c1-2-3-14-26-21-15-19(24(28)27-17-18-10-6-4-7-11-18)16-22(32(25,29)30)23(21)31-20-12-8-5-9-13-20/h4-13,15-16,26H,2-3,14,17H2,1H3,(H,27,28)(H2,25,29,30). The van der Waals surface area contributed by atoms with Crippen LogP contribution in [0, 0.1) is 0 Å². The Bertz CT molecular complexity index is 1150. The highest BCUT2D eigenvalue weighted by atomic mass is 32.2. The molecule has 0 radical (unpaired) electrons. The molecule has 3 rings (SSSR count). The average molecular weight is 454 g/mol. The fourth-order valence-corrected chi connectivity index (χ4v) is 3.77. The fourth-order valence-electron chi connectivity index (χ4n) is 3.07. The zero-order chi connectivity index (χ0) is 23.0. The maximum Gasteiger partial charge on any atom is 0.251 e. The number of hydrogen-bond acceptors (Lipinski definition) is 5. The lowest BCUT2D eigenvalue weighted by molar-refractivity contribution is 0.0950. The van der Waals surface area contributed by atoms with E-state index in [1.807, 2.05) is 43.3 Å². The summed E-state index contributed by atoms with van der Waals surface area (Å²) < 4.78 is 30.7. The summed E-state index contributed by atoms with van der Waals surface area (Å²) in [5, 5.41) is 11.5. The minimum absolute atomic E-state index is 0.0643. The van der Waals surface area contributed by atoms with Crippen LogP contribution in [0.15, 0.2) is 77.7 Å². The number of hydrogen-bond donors (Lipinski definition) is 3. The molecule has 32 heavy (non-hydrogen) atoms. The molecule has 0 bridgehead atoms. The molecule has 0 fully saturated rings. The molecule has 3 aromatic carbocycles. The highest BCUT2D eigenvalue weighted by Gasteiger charge is 2.23. The van der Waals surface area contributed by atoms with E-state index in [0.29, 0.717) is 24.5 Å². The summed E-state index contributed by atoms with van der Waals surface area (Å²) in [5.74, 6) is 0.107. The largest absolute Gasteiger partial charge is 0.454 e. The summed E-state index contributed by atoms with van der Waals surface area (Å²) in [5.41, 5.74) is 1.49. The molecular formula is C24H27N3O4S. The van der Waals surface area contributed by atoms with Crippen LogP contribution in [0.3, 0.4) is 0 Å². The first kappa shape index (κ1) is 23.3. The van der Waals surface area contributed by atoms with Gasteiger partial charge in [-0.3, -0.25) is 4.79 Å². The molecule has 0 spiro atoms. The van der Waals surface area contributed by atoms with E-state index in [-0.39, 0.29) is 16.2 Å². The molecule has 4 N–H and O–H groups in total. The van der Waals surface area contributed by atoms with Gasteiger partial charge in [-0.2, -0.15) is 0 Å². The number of primary sulfonamides is 1. The summed E-state index contributed by atoms with van der Waals surface area (Å²) in [7, 11) is -4.17. The monoisotopic (exact) mass is 453 g/mol. The van der Waals surface area contributed by atoms with Crippen molar-refractivity contribution >= 4 is 21.6 Å². The summed E-state index contributed by atoms with van der Waals surface area (Å²) in [6.07, 6.45) is 1.81. The summed E-state index contributed by atoms with van der Waals surface area (Å²) in [4.78, 5) is 12.6. The first-order chi connectivity index (χ1) is 15.4. The molecule has 0 aromatic heterocycles. The fraction of sp³-hybridized carbons (Fsp3) is 0.208. The SMILES string of the molecule is CCCCNc1cc(C(=O)NCc2ccccc2)cc(S(N)(=O)=O)c1Oc1ccccc1. The van der Waals surface area contributed by atoms with Crippen LogP contribution in [0.5, 0.6) is 11.5 Å². The predicted molar refractivity (Wildman–Crippen MR) is 125 cm³/mol. The minimum Gasteiger partial charge on any atom is -0.454 e. The Balaban J connectivity index is 1.98. The molecule has 0 atom stereocenters. The predicted octanol–water partition coefficient (Wildman–Crippen LogP) is 4.27. The minimum atomic E-state index is -4.17. The Hall–Kier alpha value is -3.36. The molecule has 8 heteroatoms. The number of rotatable bonds is 10. The molecular weight excluding hydrogens is 426 g/mol. The highest BCUT2D eigenvalue weighted by molar-refractivity contribution is 7.89. The Morgan fingerprint density at radius 1 is 1.00 bits per heavy atom. The van der Waals surface area contributed by atoms with Gasteiger partial charge < -0.3 is 15.4 Å². The zero-order valence-corrected chi connectivity index (χ0v) is 18.7. The number of nitrogens with one attached hydrogen (secondary N) is 2. The number of unbranched alkanes of at least 4 members (excludes halogenated alkanes) is 1. The van der Waals surface area contributed by atoms with Gasteiger partial charge in [0.1, 0.15) is 10.6 Å². The van der Waals surface area contributed by atoms with Crippen LogP contribution in [0.25, 0.3) is 0 Å².